The molecule has 0 amide bonds. The minimum Gasteiger partial charge on any atom is -0.756 e. The van der Waals surface area contributed by atoms with Gasteiger partial charge in [-0.15, -0.1) is 0 Å². The number of phosphoric ester groups is 1. The lowest BCUT2D eigenvalue weighted by atomic mass is 10.3. The van der Waals surface area contributed by atoms with Crippen LogP contribution in [0.25, 0.3) is 0 Å². The van der Waals surface area contributed by atoms with E-state index >= 15 is 0 Å². The molecule has 122 valence electrons. The number of nitrogens with zero attached hydrogens (tertiary/aromatic N) is 1. The number of quaternary nitrogens is 1. The molecule has 0 spiro atoms. The topological polar surface area (TPSA) is 67.8 Å². The van der Waals surface area contributed by atoms with Crippen LogP contribution in [-0.2, 0) is 18.3 Å². The predicted molar refractivity (Wildman–Crippen MR) is 77.4 cm³/mol. The highest BCUT2D eigenvalue weighted by Crippen LogP contribution is 2.38. The SMILES string of the molecule is CCCCOCCCCOP(=O)([O-])OCC[N+](C)(C)C. The number of likely N-dealkylation sites (N-methyl/N-ethyl adjacent to an activating group) is 1. The summed E-state index contributed by atoms with van der Waals surface area (Å²) in [5.41, 5.74) is 0. The van der Waals surface area contributed by atoms with Crippen LogP contribution in [0.4, 0.5) is 0 Å². The van der Waals surface area contributed by atoms with Crippen molar-refractivity contribution in [2.75, 3.05) is 54.1 Å². The van der Waals surface area contributed by atoms with E-state index in [0.717, 1.165) is 25.9 Å². The molecule has 0 aliphatic rings. The van der Waals surface area contributed by atoms with Crippen molar-refractivity contribution in [3.05, 3.63) is 0 Å². The Labute approximate surface area is 123 Å². The molecule has 0 N–H and O–H groups in total. The Morgan fingerprint density at radius 2 is 1.50 bits per heavy atom. The van der Waals surface area contributed by atoms with E-state index < -0.39 is 7.82 Å². The van der Waals surface area contributed by atoms with Gasteiger partial charge < -0.3 is 23.2 Å². The lowest BCUT2D eigenvalue weighted by molar-refractivity contribution is -0.870. The zero-order chi connectivity index (χ0) is 15.5. The monoisotopic (exact) mass is 311 g/mol. The summed E-state index contributed by atoms with van der Waals surface area (Å²) in [5, 5.41) is 0. The molecule has 0 aromatic rings. The number of unbranched alkanes of at least 4 members (excludes halogenated alkanes) is 2. The number of ether oxygens (including phenoxy) is 1. The van der Waals surface area contributed by atoms with Gasteiger partial charge in [0.25, 0.3) is 7.82 Å². The molecule has 1 unspecified atom stereocenters. The van der Waals surface area contributed by atoms with Gasteiger partial charge in [-0.1, -0.05) is 13.3 Å². The predicted octanol–water partition coefficient (Wildman–Crippen LogP) is 1.79. The molecule has 0 fully saturated rings. The molecule has 0 saturated heterocycles. The van der Waals surface area contributed by atoms with Crippen molar-refractivity contribution >= 4 is 7.82 Å². The molecule has 0 aliphatic heterocycles. The minimum absolute atomic E-state index is 0.143. The molecule has 20 heavy (non-hydrogen) atoms. The van der Waals surface area contributed by atoms with Gasteiger partial charge in [0.2, 0.25) is 0 Å². The lowest BCUT2D eigenvalue weighted by Crippen LogP contribution is -2.37. The van der Waals surface area contributed by atoms with E-state index in [2.05, 4.69) is 6.92 Å². The maximum atomic E-state index is 11.4. The Kier molecular flexibility index (Phi) is 10.7. The van der Waals surface area contributed by atoms with E-state index in [0.29, 0.717) is 24.1 Å². The van der Waals surface area contributed by atoms with Gasteiger partial charge in [-0.3, -0.25) is 4.57 Å². The first-order valence-electron chi connectivity index (χ1n) is 7.25. The maximum absolute atomic E-state index is 11.4. The van der Waals surface area contributed by atoms with Gasteiger partial charge in [0, 0.05) is 13.2 Å². The summed E-state index contributed by atoms with van der Waals surface area (Å²) in [5.74, 6) is 0. The molecule has 0 saturated carbocycles. The summed E-state index contributed by atoms with van der Waals surface area (Å²) in [7, 11) is 1.77. The van der Waals surface area contributed by atoms with Crippen LogP contribution in [0.2, 0.25) is 0 Å². The molecule has 0 heterocycles. The smallest absolute Gasteiger partial charge is 0.268 e. The maximum Gasteiger partial charge on any atom is 0.268 e. The van der Waals surface area contributed by atoms with Crippen molar-refractivity contribution in [1.82, 2.24) is 0 Å². The first-order valence-corrected chi connectivity index (χ1v) is 8.71. The summed E-state index contributed by atoms with van der Waals surface area (Å²) in [6.45, 7) is 4.44. The van der Waals surface area contributed by atoms with Gasteiger partial charge in [0.05, 0.1) is 27.7 Å². The molecule has 0 aliphatic carbocycles. The molecular formula is C13H30NO5P. The minimum atomic E-state index is -4.15. The summed E-state index contributed by atoms with van der Waals surface area (Å²) >= 11 is 0. The average Bonchev–Trinajstić information content (AvgIpc) is 2.30. The Bertz CT molecular complexity index is 280. The van der Waals surface area contributed by atoms with Crippen LogP contribution >= 0.6 is 7.82 Å². The quantitative estimate of drug-likeness (QED) is 0.295. The number of rotatable bonds is 13. The fourth-order valence-corrected chi connectivity index (χ4v) is 2.03. The lowest BCUT2D eigenvalue weighted by Gasteiger charge is -2.27. The van der Waals surface area contributed by atoms with Gasteiger partial charge >= 0.3 is 0 Å². The number of phosphoric acid groups is 1. The van der Waals surface area contributed by atoms with Crippen LogP contribution in [0.5, 0.6) is 0 Å². The Morgan fingerprint density at radius 3 is 2.10 bits per heavy atom. The Balaban J connectivity index is 3.50. The zero-order valence-electron chi connectivity index (χ0n) is 13.3. The Morgan fingerprint density at radius 1 is 0.950 bits per heavy atom. The van der Waals surface area contributed by atoms with Gasteiger partial charge in [0.1, 0.15) is 13.2 Å². The Hall–Kier alpha value is 0.0300. The molecule has 0 radical (unpaired) electrons. The second kappa shape index (κ2) is 10.7. The molecule has 1 atom stereocenters. The standard InChI is InChI=1S/C13H30NO5P/c1-5-6-10-17-11-7-8-12-18-20(15,16)19-13-9-14(2,3)4/h5-13H2,1-4H3. The zero-order valence-corrected chi connectivity index (χ0v) is 14.2. The van der Waals surface area contributed by atoms with Gasteiger partial charge in [0.15, 0.2) is 0 Å². The first kappa shape index (κ1) is 20.0. The van der Waals surface area contributed by atoms with Crippen molar-refractivity contribution in [3.63, 3.8) is 0 Å². The molecule has 0 bridgehead atoms. The molecule has 0 aromatic carbocycles. The molecular weight excluding hydrogens is 281 g/mol. The molecule has 7 heteroatoms. The third-order valence-electron chi connectivity index (χ3n) is 2.59. The molecule has 0 rings (SSSR count). The first-order chi connectivity index (χ1) is 9.27. The highest BCUT2D eigenvalue weighted by molar-refractivity contribution is 7.45. The summed E-state index contributed by atoms with van der Waals surface area (Å²) in [6.07, 6.45) is 3.62. The van der Waals surface area contributed by atoms with Gasteiger partial charge in [-0.25, -0.2) is 0 Å². The summed E-state index contributed by atoms with van der Waals surface area (Å²) in [6, 6.07) is 0. The van der Waals surface area contributed by atoms with Crippen LogP contribution in [0.15, 0.2) is 0 Å². The van der Waals surface area contributed by atoms with Crippen molar-refractivity contribution in [1.29, 1.82) is 0 Å². The van der Waals surface area contributed by atoms with E-state index in [1.807, 2.05) is 21.1 Å². The van der Waals surface area contributed by atoms with E-state index in [9.17, 15) is 9.46 Å². The largest absolute Gasteiger partial charge is 0.756 e. The third-order valence-corrected chi connectivity index (χ3v) is 3.58. The normalized spacial score (nSPS) is 15.2. The van der Waals surface area contributed by atoms with E-state index in [-0.39, 0.29) is 13.2 Å². The van der Waals surface area contributed by atoms with Crippen LogP contribution in [-0.4, -0.2) is 58.6 Å². The van der Waals surface area contributed by atoms with Crippen molar-refractivity contribution in [3.8, 4) is 0 Å². The fourth-order valence-electron chi connectivity index (χ4n) is 1.29. The van der Waals surface area contributed by atoms with Crippen molar-refractivity contribution < 1.29 is 27.7 Å². The van der Waals surface area contributed by atoms with Crippen LogP contribution < -0.4 is 4.89 Å². The third kappa shape index (κ3) is 14.4. The second-order valence-electron chi connectivity index (χ2n) is 5.80. The molecule has 6 nitrogen and oxygen atoms in total. The van der Waals surface area contributed by atoms with E-state index in [4.69, 9.17) is 13.8 Å². The van der Waals surface area contributed by atoms with Crippen LogP contribution in [0, 0.1) is 0 Å². The second-order valence-corrected chi connectivity index (χ2v) is 7.21. The van der Waals surface area contributed by atoms with E-state index in [1.54, 1.807) is 0 Å². The highest BCUT2D eigenvalue weighted by atomic mass is 31.2. The highest BCUT2D eigenvalue weighted by Gasteiger charge is 2.12. The molecule has 0 aromatic heterocycles. The summed E-state index contributed by atoms with van der Waals surface area (Å²) in [4.78, 5) is 11.4. The fraction of sp³-hybridized carbons (Fsp3) is 1.00. The van der Waals surface area contributed by atoms with Crippen LogP contribution in [0.1, 0.15) is 32.6 Å². The average molecular weight is 311 g/mol. The van der Waals surface area contributed by atoms with Crippen molar-refractivity contribution in [2.45, 2.75) is 32.6 Å². The van der Waals surface area contributed by atoms with Gasteiger partial charge in [-0.2, -0.15) is 0 Å². The van der Waals surface area contributed by atoms with Crippen LogP contribution in [0.3, 0.4) is 0 Å². The number of hydrogen-bond acceptors (Lipinski definition) is 5. The summed E-state index contributed by atoms with van der Waals surface area (Å²) < 4.78 is 27.0. The van der Waals surface area contributed by atoms with Gasteiger partial charge in [-0.05, 0) is 19.3 Å². The number of hydrogen-bond donors (Lipinski definition) is 0. The van der Waals surface area contributed by atoms with E-state index in [1.165, 1.54) is 0 Å². The van der Waals surface area contributed by atoms with Crippen molar-refractivity contribution in [2.24, 2.45) is 0 Å².